The summed E-state index contributed by atoms with van der Waals surface area (Å²) in [6, 6.07) is 5.73. The molecule has 0 bridgehead atoms. The molecular formula is C18H27N5O2. The van der Waals surface area contributed by atoms with Gasteiger partial charge in [0.05, 0.1) is 33.0 Å². The van der Waals surface area contributed by atoms with E-state index in [1.807, 2.05) is 56.0 Å². The maximum Gasteiger partial charge on any atom is 0.195 e. The van der Waals surface area contributed by atoms with Crippen LogP contribution in [-0.4, -0.2) is 42.5 Å². The zero-order valence-corrected chi connectivity index (χ0v) is 15.4. The van der Waals surface area contributed by atoms with Gasteiger partial charge < -0.3 is 20.1 Å². The van der Waals surface area contributed by atoms with Crippen molar-refractivity contribution in [3.63, 3.8) is 0 Å². The molecule has 0 aliphatic carbocycles. The monoisotopic (exact) mass is 345 g/mol. The van der Waals surface area contributed by atoms with Crippen molar-refractivity contribution in [3.05, 3.63) is 36.2 Å². The van der Waals surface area contributed by atoms with Crippen LogP contribution in [0.5, 0.6) is 11.5 Å². The Kier molecular flexibility index (Phi) is 7.13. The first-order chi connectivity index (χ1) is 12.2. The van der Waals surface area contributed by atoms with Gasteiger partial charge in [0.1, 0.15) is 0 Å². The molecule has 0 unspecified atom stereocenters. The molecule has 136 valence electrons. The lowest BCUT2D eigenvalue weighted by Gasteiger charge is -2.14. The Hall–Kier alpha value is -2.70. The largest absolute Gasteiger partial charge is 0.493 e. The quantitative estimate of drug-likeness (QED) is 0.568. The molecule has 2 N–H and O–H groups in total. The maximum atomic E-state index is 5.54. The van der Waals surface area contributed by atoms with E-state index >= 15 is 0 Å². The summed E-state index contributed by atoms with van der Waals surface area (Å²) in [7, 11) is 1.63. The molecule has 2 rings (SSSR count). The van der Waals surface area contributed by atoms with Crippen molar-refractivity contribution in [2.45, 2.75) is 27.3 Å². The van der Waals surface area contributed by atoms with Crippen molar-refractivity contribution in [1.29, 1.82) is 0 Å². The highest BCUT2D eigenvalue weighted by Crippen LogP contribution is 2.30. The van der Waals surface area contributed by atoms with Crippen LogP contribution in [0.3, 0.4) is 0 Å². The van der Waals surface area contributed by atoms with Gasteiger partial charge in [-0.15, -0.1) is 0 Å². The third-order valence-corrected chi connectivity index (χ3v) is 3.43. The minimum absolute atomic E-state index is 0.597. The van der Waals surface area contributed by atoms with Crippen molar-refractivity contribution < 1.29 is 9.47 Å². The molecule has 0 saturated carbocycles. The Morgan fingerprint density at radius 3 is 2.76 bits per heavy atom. The normalized spacial score (nSPS) is 11.3. The number of guanidine groups is 1. The molecule has 25 heavy (non-hydrogen) atoms. The first kappa shape index (κ1) is 18.6. The predicted octanol–water partition coefficient (Wildman–Crippen LogP) is 2.68. The van der Waals surface area contributed by atoms with Crippen molar-refractivity contribution >= 4 is 11.6 Å². The van der Waals surface area contributed by atoms with Gasteiger partial charge in [-0.2, -0.15) is 5.10 Å². The molecule has 7 heteroatoms. The van der Waals surface area contributed by atoms with Gasteiger partial charge in [0.15, 0.2) is 17.5 Å². The Morgan fingerprint density at radius 1 is 1.28 bits per heavy atom. The SMILES string of the molecule is CCNC(=NCCn1cc(C)cn1)Nc1ccc(OCC)c(OC)c1. The summed E-state index contributed by atoms with van der Waals surface area (Å²) in [5, 5.41) is 10.8. The lowest BCUT2D eigenvalue weighted by molar-refractivity contribution is 0.311. The maximum absolute atomic E-state index is 5.54. The molecular weight excluding hydrogens is 318 g/mol. The second kappa shape index (κ2) is 9.56. The highest BCUT2D eigenvalue weighted by molar-refractivity contribution is 5.93. The molecule has 7 nitrogen and oxygen atoms in total. The minimum atomic E-state index is 0.597. The van der Waals surface area contributed by atoms with Crippen LogP contribution in [0.1, 0.15) is 19.4 Å². The number of ether oxygens (including phenoxy) is 2. The second-order valence-corrected chi connectivity index (χ2v) is 5.47. The fourth-order valence-electron chi connectivity index (χ4n) is 2.32. The van der Waals surface area contributed by atoms with Crippen LogP contribution < -0.4 is 20.1 Å². The summed E-state index contributed by atoms with van der Waals surface area (Å²) >= 11 is 0. The fourth-order valence-corrected chi connectivity index (χ4v) is 2.32. The smallest absolute Gasteiger partial charge is 0.195 e. The fraction of sp³-hybridized carbons (Fsp3) is 0.444. The van der Waals surface area contributed by atoms with Crippen LogP contribution in [-0.2, 0) is 6.54 Å². The van der Waals surface area contributed by atoms with E-state index in [0.717, 1.165) is 36.0 Å². The van der Waals surface area contributed by atoms with E-state index in [0.29, 0.717) is 18.9 Å². The van der Waals surface area contributed by atoms with Crippen LogP contribution in [0, 0.1) is 6.92 Å². The number of benzene rings is 1. The number of nitrogens with one attached hydrogen (secondary N) is 2. The third-order valence-electron chi connectivity index (χ3n) is 3.43. The van der Waals surface area contributed by atoms with Crippen LogP contribution in [0.25, 0.3) is 0 Å². The van der Waals surface area contributed by atoms with E-state index in [9.17, 15) is 0 Å². The van der Waals surface area contributed by atoms with Crippen molar-refractivity contribution in [3.8, 4) is 11.5 Å². The number of aromatic nitrogens is 2. The number of nitrogens with zero attached hydrogens (tertiary/aromatic N) is 3. The van der Waals surface area contributed by atoms with Crippen LogP contribution in [0.15, 0.2) is 35.6 Å². The van der Waals surface area contributed by atoms with E-state index < -0.39 is 0 Å². The van der Waals surface area contributed by atoms with Gasteiger partial charge >= 0.3 is 0 Å². The summed E-state index contributed by atoms with van der Waals surface area (Å²) in [5.74, 6) is 2.14. The number of hydrogen-bond acceptors (Lipinski definition) is 4. The lowest BCUT2D eigenvalue weighted by atomic mass is 10.2. The topological polar surface area (TPSA) is 72.7 Å². The van der Waals surface area contributed by atoms with Gasteiger partial charge in [0.25, 0.3) is 0 Å². The average molecular weight is 345 g/mol. The molecule has 2 aromatic rings. The summed E-state index contributed by atoms with van der Waals surface area (Å²) < 4.78 is 12.8. The molecule has 0 aliphatic rings. The van der Waals surface area contributed by atoms with Gasteiger partial charge in [-0.3, -0.25) is 9.67 Å². The average Bonchev–Trinajstić information content (AvgIpc) is 3.02. The molecule has 0 atom stereocenters. The van der Waals surface area contributed by atoms with Crippen LogP contribution in [0.2, 0.25) is 0 Å². The first-order valence-electron chi connectivity index (χ1n) is 8.51. The molecule has 0 spiro atoms. The van der Waals surface area contributed by atoms with Crippen molar-refractivity contribution in [2.24, 2.45) is 4.99 Å². The number of methoxy groups -OCH3 is 1. The van der Waals surface area contributed by atoms with E-state index in [1.165, 1.54) is 0 Å². The molecule has 0 radical (unpaired) electrons. The number of rotatable bonds is 8. The second-order valence-electron chi connectivity index (χ2n) is 5.47. The highest BCUT2D eigenvalue weighted by Gasteiger charge is 2.07. The number of aryl methyl sites for hydroxylation is 1. The molecule has 1 aromatic heterocycles. The minimum Gasteiger partial charge on any atom is -0.493 e. The predicted molar refractivity (Wildman–Crippen MR) is 101 cm³/mol. The van der Waals surface area contributed by atoms with Gasteiger partial charge in [-0.05, 0) is 38.5 Å². The zero-order valence-electron chi connectivity index (χ0n) is 15.4. The Balaban J connectivity index is 2.03. The molecule has 0 saturated heterocycles. The summed E-state index contributed by atoms with van der Waals surface area (Å²) in [6.07, 6.45) is 3.85. The third kappa shape index (κ3) is 5.70. The zero-order chi connectivity index (χ0) is 18.1. The van der Waals surface area contributed by atoms with Gasteiger partial charge in [0, 0.05) is 24.5 Å². The number of aliphatic imine (C=N–C) groups is 1. The first-order valence-corrected chi connectivity index (χ1v) is 8.51. The Morgan fingerprint density at radius 2 is 2.12 bits per heavy atom. The van der Waals surface area contributed by atoms with E-state index in [4.69, 9.17) is 9.47 Å². The van der Waals surface area contributed by atoms with Gasteiger partial charge in [0.2, 0.25) is 0 Å². The van der Waals surface area contributed by atoms with E-state index in [-0.39, 0.29) is 0 Å². The summed E-state index contributed by atoms with van der Waals surface area (Å²) in [5.41, 5.74) is 2.03. The molecule has 1 aromatic carbocycles. The Bertz CT molecular complexity index is 697. The summed E-state index contributed by atoms with van der Waals surface area (Å²) in [4.78, 5) is 4.59. The number of anilines is 1. The Labute approximate surface area is 149 Å². The van der Waals surface area contributed by atoms with Gasteiger partial charge in [-0.25, -0.2) is 0 Å². The van der Waals surface area contributed by atoms with Crippen molar-refractivity contribution in [1.82, 2.24) is 15.1 Å². The van der Waals surface area contributed by atoms with Crippen LogP contribution >= 0.6 is 0 Å². The standard InChI is InChI=1S/C18H27N5O2/c1-5-19-18(20-9-10-23-13-14(3)12-21-23)22-15-7-8-16(25-6-2)17(11-15)24-4/h7-8,11-13H,5-6,9-10H2,1-4H3,(H2,19,20,22). The van der Waals surface area contributed by atoms with E-state index in [2.05, 4.69) is 20.7 Å². The molecule has 0 aliphatic heterocycles. The van der Waals surface area contributed by atoms with Crippen molar-refractivity contribution in [2.75, 3.05) is 32.1 Å². The van der Waals surface area contributed by atoms with Gasteiger partial charge in [-0.1, -0.05) is 0 Å². The molecule has 0 amide bonds. The number of hydrogen-bond donors (Lipinski definition) is 2. The summed E-state index contributed by atoms with van der Waals surface area (Å²) in [6.45, 7) is 8.75. The molecule has 0 fully saturated rings. The van der Waals surface area contributed by atoms with Crippen LogP contribution in [0.4, 0.5) is 5.69 Å². The lowest BCUT2D eigenvalue weighted by Crippen LogP contribution is -2.31. The molecule has 1 heterocycles. The highest BCUT2D eigenvalue weighted by atomic mass is 16.5. The van der Waals surface area contributed by atoms with E-state index in [1.54, 1.807) is 7.11 Å².